The van der Waals surface area contributed by atoms with Crippen molar-refractivity contribution < 1.29 is 13.6 Å². The van der Waals surface area contributed by atoms with Gasteiger partial charge in [-0.1, -0.05) is 0 Å². The molecule has 0 bridgehead atoms. The lowest BCUT2D eigenvalue weighted by atomic mass is 10.1. The van der Waals surface area contributed by atoms with Crippen LogP contribution in [0.2, 0.25) is 0 Å². The van der Waals surface area contributed by atoms with E-state index in [4.69, 9.17) is 5.73 Å². The van der Waals surface area contributed by atoms with Gasteiger partial charge in [-0.3, -0.25) is 9.59 Å². The monoisotopic (exact) mass is 202 g/mol. The van der Waals surface area contributed by atoms with Crippen LogP contribution < -0.4 is 11.3 Å². The van der Waals surface area contributed by atoms with Crippen LogP contribution in [0.1, 0.15) is 27.9 Å². The zero-order chi connectivity index (χ0) is 10.7. The molecule has 3 N–H and O–H groups in total. The Morgan fingerprint density at radius 1 is 1.57 bits per heavy atom. The number of hydrogen-bond acceptors (Lipinski definition) is 3. The first kappa shape index (κ1) is 10.5. The molecule has 4 nitrogen and oxygen atoms in total. The van der Waals surface area contributed by atoms with E-state index in [-0.39, 0.29) is 18.4 Å². The second-order valence-corrected chi connectivity index (χ2v) is 2.59. The number of pyridine rings is 1. The van der Waals surface area contributed by atoms with Gasteiger partial charge in [0, 0.05) is 18.3 Å². The average Bonchev–Trinajstić information content (AvgIpc) is 2.17. The standard InChI is InChI=1S/C8H8F2N2O2/c9-7(10)6-4(1-11)2-12-8(14)5(6)3-13/h2-3,7H,1,11H2,(H,12,14). The zero-order valence-electron chi connectivity index (χ0n) is 7.09. The third-order valence-corrected chi connectivity index (χ3v) is 1.81. The summed E-state index contributed by atoms with van der Waals surface area (Å²) in [6.07, 6.45) is -1.67. The number of rotatable bonds is 3. The van der Waals surface area contributed by atoms with Crippen molar-refractivity contribution in [1.29, 1.82) is 0 Å². The number of nitrogens with two attached hydrogens (primary N) is 1. The number of carbonyl (C=O) groups excluding carboxylic acids is 1. The molecule has 0 fully saturated rings. The van der Waals surface area contributed by atoms with Crippen LogP contribution in [0.3, 0.4) is 0 Å². The molecule has 0 radical (unpaired) electrons. The molecule has 0 amide bonds. The summed E-state index contributed by atoms with van der Waals surface area (Å²) < 4.78 is 24.9. The highest BCUT2D eigenvalue weighted by molar-refractivity contribution is 5.77. The van der Waals surface area contributed by atoms with Crippen molar-refractivity contribution in [3.05, 3.63) is 33.2 Å². The summed E-state index contributed by atoms with van der Waals surface area (Å²) in [6, 6.07) is 0. The highest BCUT2D eigenvalue weighted by atomic mass is 19.3. The zero-order valence-corrected chi connectivity index (χ0v) is 7.09. The largest absolute Gasteiger partial charge is 0.328 e. The van der Waals surface area contributed by atoms with E-state index in [1.807, 2.05) is 0 Å². The third kappa shape index (κ3) is 1.69. The predicted molar refractivity (Wildman–Crippen MR) is 45.3 cm³/mol. The van der Waals surface area contributed by atoms with Gasteiger partial charge in [0.2, 0.25) is 0 Å². The van der Waals surface area contributed by atoms with Gasteiger partial charge in [-0.15, -0.1) is 0 Å². The molecule has 0 unspecified atom stereocenters. The third-order valence-electron chi connectivity index (χ3n) is 1.81. The Morgan fingerprint density at radius 3 is 2.64 bits per heavy atom. The van der Waals surface area contributed by atoms with Crippen molar-refractivity contribution in [2.24, 2.45) is 5.73 Å². The smallest absolute Gasteiger partial charge is 0.265 e. The van der Waals surface area contributed by atoms with Gasteiger partial charge < -0.3 is 10.7 Å². The molecule has 14 heavy (non-hydrogen) atoms. The van der Waals surface area contributed by atoms with Crippen molar-refractivity contribution >= 4 is 6.29 Å². The number of hydrogen-bond donors (Lipinski definition) is 2. The number of H-pyrrole nitrogens is 1. The highest BCUT2D eigenvalue weighted by Gasteiger charge is 2.19. The number of carbonyl (C=O) groups is 1. The number of nitrogens with one attached hydrogen (secondary N) is 1. The molecule has 0 aliphatic rings. The van der Waals surface area contributed by atoms with Crippen LogP contribution in [0.5, 0.6) is 0 Å². The Hall–Kier alpha value is -1.56. The minimum absolute atomic E-state index is 0.0710. The van der Waals surface area contributed by atoms with Crippen molar-refractivity contribution in [2.45, 2.75) is 13.0 Å². The molecule has 0 aliphatic carbocycles. The average molecular weight is 202 g/mol. The Labute approximate surface area is 77.7 Å². The first-order valence-electron chi connectivity index (χ1n) is 3.79. The molecular formula is C8H8F2N2O2. The summed E-state index contributed by atoms with van der Waals surface area (Å²) in [7, 11) is 0. The molecular weight excluding hydrogens is 194 g/mol. The van der Waals surface area contributed by atoms with E-state index >= 15 is 0 Å². The molecule has 1 heterocycles. The normalized spacial score (nSPS) is 10.6. The lowest BCUT2D eigenvalue weighted by molar-refractivity contribution is 0.110. The van der Waals surface area contributed by atoms with E-state index < -0.39 is 23.1 Å². The van der Waals surface area contributed by atoms with Crippen molar-refractivity contribution in [3.63, 3.8) is 0 Å². The van der Waals surface area contributed by atoms with Crippen molar-refractivity contribution in [2.75, 3.05) is 0 Å². The minimum Gasteiger partial charge on any atom is -0.328 e. The van der Waals surface area contributed by atoms with Crippen LogP contribution in [0.15, 0.2) is 11.0 Å². The number of halogens is 2. The van der Waals surface area contributed by atoms with Crippen molar-refractivity contribution in [3.8, 4) is 0 Å². The van der Waals surface area contributed by atoms with E-state index in [1.54, 1.807) is 0 Å². The number of aldehydes is 1. The van der Waals surface area contributed by atoms with Crippen LogP contribution in [-0.2, 0) is 6.54 Å². The van der Waals surface area contributed by atoms with Crippen molar-refractivity contribution in [1.82, 2.24) is 4.98 Å². The maximum absolute atomic E-state index is 12.5. The molecule has 1 aromatic heterocycles. The molecule has 6 heteroatoms. The van der Waals surface area contributed by atoms with Gasteiger partial charge in [-0.2, -0.15) is 0 Å². The molecule has 0 saturated heterocycles. The maximum Gasteiger partial charge on any atom is 0.265 e. The van der Waals surface area contributed by atoms with Gasteiger partial charge in [-0.25, -0.2) is 8.78 Å². The first-order valence-corrected chi connectivity index (χ1v) is 3.79. The quantitative estimate of drug-likeness (QED) is 0.704. The van der Waals surface area contributed by atoms with E-state index in [0.717, 1.165) is 6.20 Å². The van der Waals surface area contributed by atoms with Gasteiger partial charge >= 0.3 is 0 Å². The molecule has 0 saturated carbocycles. The fraction of sp³-hybridized carbons (Fsp3) is 0.250. The van der Waals surface area contributed by atoms with Gasteiger partial charge in [0.05, 0.1) is 5.56 Å². The molecule has 0 aromatic carbocycles. The molecule has 76 valence electrons. The maximum atomic E-state index is 12.5. The van der Waals surface area contributed by atoms with Crippen LogP contribution >= 0.6 is 0 Å². The molecule has 0 spiro atoms. The predicted octanol–water partition coefficient (Wildman–Crippen LogP) is 0.584. The first-order chi connectivity index (χ1) is 6.61. The van der Waals surface area contributed by atoms with Gasteiger partial charge in [0.1, 0.15) is 0 Å². The lowest BCUT2D eigenvalue weighted by Gasteiger charge is -2.07. The van der Waals surface area contributed by atoms with Crippen LogP contribution in [0.25, 0.3) is 0 Å². The lowest BCUT2D eigenvalue weighted by Crippen LogP contribution is -2.18. The molecule has 0 atom stereocenters. The summed E-state index contributed by atoms with van der Waals surface area (Å²) in [5.74, 6) is 0. The summed E-state index contributed by atoms with van der Waals surface area (Å²) in [4.78, 5) is 23.6. The summed E-state index contributed by atoms with van der Waals surface area (Å²) in [6.45, 7) is -0.155. The van der Waals surface area contributed by atoms with Gasteiger partial charge in [0.15, 0.2) is 6.29 Å². The Balaban J connectivity index is 3.52. The SMILES string of the molecule is NCc1c[nH]c(=O)c(C=O)c1C(F)F. The van der Waals surface area contributed by atoms with E-state index in [1.165, 1.54) is 0 Å². The molecule has 1 rings (SSSR count). The fourth-order valence-corrected chi connectivity index (χ4v) is 1.15. The number of alkyl halides is 2. The molecule has 0 aliphatic heterocycles. The summed E-state index contributed by atoms with van der Waals surface area (Å²) in [5.41, 5.74) is 3.31. The van der Waals surface area contributed by atoms with Crippen LogP contribution in [0, 0.1) is 0 Å². The fourth-order valence-electron chi connectivity index (χ4n) is 1.15. The second kappa shape index (κ2) is 4.10. The number of aromatic amines is 1. The van der Waals surface area contributed by atoms with E-state index in [2.05, 4.69) is 4.98 Å². The van der Waals surface area contributed by atoms with E-state index in [0.29, 0.717) is 0 Å². The Morgan fingerprint density at radius 2 is 2.21 bits per heavy atom. The summed E-state index contributed by atoms with van der Waals surface area (Å²) >= 11 is 0. The Kier molecular flexibility index (Phi) is 3.08. The van der Waals surface area contributed by atoms with Crippen LogP contribution in [-0.4, -0.2) is 11.3 Å². The topological polar surface area (TPSA) is 76.0 Å². The minimum atomic E-state index is -2.88. The van der Waals surface area contributed by atoms with Gasteiger partial charge in [-0.05, 0) is 5.56 Å². The van der Waals surface area contributed by atoms with Gasteiger partial charge in [0.25, 0.3) is 12.0 Å². The van der Waals surface area contributed by atoms with Crippen LogP contribution in [0.4, 0.5) is 8.78 Å². The summed E-state index contributed by atoms with van der Waals surface area (Å²) in [5, 5.41) is 0. The second-order valence-electron chi connectivity index (χ2n) is 2.59. The number of aromatic nitrogens is 1. The Bertz CT molecular complexity index is 401. The van der Waals surface area contributed by atoms with E-state index in [9.17, 15) is 18.4 Å². The molecule has 1 aromatic rings. The highest BCUT2D eigenvalue weighted by Crippen LogP contribution is 2.23.